The summed E-state index contributed by atoms with van der Waals surface area (Å²) in [5.74, 6) is 1.45. The monoisotopic (exact) mass is 802 g/mol. The maximum Gasteiger partial charge on any atom is 0.423 e. The SMILES string of the molecule is CNC1C(NC=O)CSC1CCCCCCCNCCCNc1nc(Cc2cccc(C(N)(N)C(F)(F)F)c2)nc2[nH]c3cc(C(=O)OC)ccc3c12.NC=O. The van der Waals surface area contributed by atoms with Crippen molar-refractivity contribution >= 4 is 58.3 Å². The topological polar surface area (TPSA) is 228 Å². The first-order chi connectivity index (χ1) is 26.9. The molecule has 5 rings (SSSR count). The Bertz CT molecular complexity index is 1890. The third kappa shape index (κ3) is 11.5. The van der Waals surface area contributed by atoms with Gasteiger partial charge in [-0.05, 0) is 62.7 Å². The van der Waals surface area contributed by atoms with Crippen molar-refractivity contribution in [3.63, 3.8) is 0 Å². The third-order valence-corrected chi connectivity index (χ3v) is 11.3. The molecular formula is C38H53F3N10O4S. The minimum absolute atomic E-state index is 0.131. The number of amides is 2. The Labute approximate surface area is 328 Å². The van der Waals surface area contributed by atoms with Gasteiger partial charge in [0.05, 0.1) is 24.1 Å². The second kappa shape index (κ2) is 21.2. The molecule has 14 nitrogen and oxygen atoms in total. The lowest BCUT2D eigenvalue weighted by atomic mass is 9.97. The number of rotatable bonds is 20. The number of aromatic nitrogens is 3. The largest absolute Gasteiger partial charge is 0.465 e. The van der Waals surface area contributed by atoms with Crippen molar-refractivity contribution in [1.82, 2.24) is 30.9 Å². The van der Waals surface area contributed by atoms with Crippen molar-refractivity contribution in [2.45, 2.75) is 80.5 Å². The zero-order valence-electron chi connectivity index (χ0n) is 31.7. The highest BCUT2D eigenvalue weighted by Gasteiger charge is 2.50. The highest BCUT2D eigenvalue weighted by atomic mass is 32.2. The molecule has 4 aromatic rings. The number of fused-ring (bicyclic) bond motifs is 3. The number of halogens is 3. The lowest BCUT2D eigenvalue weighted by Gasteiger charge is -2.28. The summed E-state index contributed by atoms with van der Waals surface area (Å²) < 4.78 is 45.6. The fraction of sp³-hybridized carbons (Fsp3) is 0.500. The molecule has 1 fully saturated rings. The number of hydrogen-bond donors (Lipinski definition) is 8. The minimum atomic E-state index is -4.84. The number of unbranched alkanes of at least 4 members (excludes halogenated alkanes) is 4. The van der Waals surface area contributed by atoms with Gasteiger partial charge in [-0.25, -0.2) is 14.8 Å². The summed E-state index contributed by atoms with van der Waals surface area (Å²) in [4.78, 5) is 44.4. The number of ether oxygens (including phenoxy) is 1. The molecule has 3 unspecified atom stereocenters. The normalized spacial score (nSPS) is 17.0. The first-order valence-corrected chi connectivity index (χ1v) is 19.7. The van der Waals surface area contributed by atoms with Crippen molar-refractivity contribution in [1.29, 1.82) is 0 Å². The Morgan fingerprint density at radius 2 is 1.75 bits per heavy atom. The van der Waals surface area contributed by atoms with E-state index in [9.17, 15) is 22.8 Å². The number of nitrogens with zero attached hydrogens (tertiary/aromatic N) is 2. The van der Waals surface area contributed by atoms with Crippen LogP contribution in [0.15, 0.2) is 42.5 Å². The number of esters is 1. The maximum absolute atomic E-state index is 13.6. The number of nitrogens with one attached hydrogen (secondary N) is 5. The smallest absolute Gasteiger partial charge is 0.423 e. The molecule has 1 saturated heterocycles. The number of methoxy groups -OCH3 is 1. The second-order valence-corrected chi connectivity index (χ2v) is 14.9. The van der Waals surface area contributed by atoms with Crippen LogP contribution in [-0.2, 0) is 26.4 Å². The van der Waals surface area contributed by atoms with Gasteiger partial charge in [0, 0.05) is 40.9 Å². The van der Waals surface area contributed by atoms with Gasteiger partial charge in [-0.2, -0.15) is 24.9 Å². The highest BCUT2D eigenvalue weighted by Crippen LogP contribution is 2.34. The summed E-state index contributed by atoms with van der Waals surface area (Å²) in [5.41, 5.74) is 14.0. The molecule has 0 radical (unpaired) electrons. The molecule has 2 aromatic heterocycles. The van der Waals surface area contributed by atoms with Gasteiger partial charge in [-0.1, -0.05) is 56.0 Å². The van der Waals surface area contributed by atoms with Gasteiger partial charge in [-0.3, -0.25) is 9.59 Å². The van der Waals surface area contributed by atoms with E-state index in [0.717, 1.165) is 55.3 Å². The van der Waals surface area contributed by atoms with E-state index in [4.69, 9.17) is 31.0 Å². The van der Waals surface area contributed by atoms with Gasteiger partial charge in [0.25, 0.3) is 0 Å². The first kappa shape index (κ1) is 44.2. The molecule has 11 N–H and O–H groups in total. The molecule has 1 aliphatic heterocycles. The standard InChI is InChI=1S/C37H50F3N9O3S.CH3NO/c1-43-32-28(46-22-50)21-53-29(32)12-6-4-3-5-7-15-44-16-9-17-45-33-31-26-14-13-24(35(51)52-2)20-27(26)47-34(31)49-30(48-33)19-23-10-8-11-25(18-23)36(41,42)37(38,39)40;2-1-3/h8,10-11,13-14,18,20,22,28-29,32,43-44H,3-7,9,12,15-17,19,21,41-42H2,1-2H3,(H,46,50)(H2,45,47,48,49);1H,(H2,2,3). The van der Waals surface area contributed by atoms with E-state index in [0.29, 0.717) is 51.8 Å². The Hall–Kier alpha value is -4.49. The summed E-state index contributed by atoms with van der Waals surface area (Å²) >= 11 is 1.95. The van der Waals surface area contributed by atoms with E-state index < -0.39 is 17.8 Å². The van der Waals surface area contributed by atoms with Crippen LogP contribution in [0.25, 0.3) is 21.9 Å². The summed E-state index contributed by atoms with van der Waals surface area (Å²) in [6.45, 7) is 2.37. The fourth-order valence-electron chi connectivity index (χ4n) is 6.84. The Morgan fingerprint density at radius 1 is 1.02 bits per heavy atom. The number of anilines is 1. The van der Waals surface area contributed by atoms with Gasteiger partial charge >= 0.3 is 12.1 Å². The molecule has 3 heterocycles. The molecule has 3 atom stereocenters. The summed E-state index contributed by atoms with van der Waals surface area (Å²) in [6, 6.07) is 11.4. The van der Waals surface area contributed by atoms with Crippen LogP contribution in [-0.4, -0.2) is 96.8 Å². The van der Waals surface area contributed by atoms with Crippen LogP contribution in [0.2, 0.25) is 0 Å². The number of H-pyrrole nitrogens is 1. The third-order valence-electron chi connectivity index (χ3n) is 9.76. The van der Waals surface area contributed by atoms with Crippen molar-refractivity contribution in [3.05, 3.63) is 65.0 Å². The number of aromatic amines is 1. The number of thioether (sulfide) groups is 1. The van der Waals surface area contributed by atoms with Crippen LogP contribution in [0.4, 0.5) is 19.0 Å². The molecule has 306 valence electrons. The molecule has 56 heavy (non-hydrogen) atoms. The fourth-order valence-corrected chi connectivity index (χ4v) is 8.46. The Kier molecular flexibility index (Phi) is 16.7. The van der Waals surface area contributed by atoms with E-state index >= 15 is 0 Å². The lowest BCUT2D eigenvalue weighted by Crippen LogP contribution is -2.57. The summed E-state index contributed by atoms with van der Waals surface area (Å²) in [5, 5.41) is 15.4. The summed E-state index contributed by atoms with van der Waals surface area (Å²) in [6.07, 6.45) is 4.20. The average molecular weight is 803 g/mol. The molecule has 2 aromatic carbocycles. The molecule has 0 bridgehead atoms. The number of benzene rings is 2. The molecule has 0 spiro atoms. The van der Waals surface area contributed by atoms with Crippen molar-refractivity contribution in [2.75, 3.05) is 44.9 Å². The van der Waals surface area contributed by atoms with Crippen LogP contribution < -0.4 is 38.5 Å². The van der Waals surface area contributed by atoms with Crippen LogP contribution in [0.5, 0.6) is 0 Å². The van der Waals surface area contributed by atoms with Crippen LogP contribution in [0, 0.1) is 0 Å². The van der Waals surface area contributed by atoms with E-state index in [2.05, 4.69) is 32.0 Å². The van der Waals surface area contributed by atoms with Gasteiger partial charge in [0.15, 0.2) is 5.66 Å². The lowest BCUT2D eigenvalue weighted by molar-refractivity contribution is -0.188. The van der Waals surface area contributed by atoms with E-state index in [1.807, 2.05) is 24.9 Å². The number of carbonyl (C=O) groups is 3. The summed E-state index contributed by atoms with van der Waals surface area (Å²) in [7, 11) is 3.29. The zero-order valence-corrected chi connectivity index (χ0v) is 32.5. The predicted molar refractivity (Wildman–Crippen MR) is 214 cm³/mol. The average Bonchev–Trinajstić information content (AvgIpc) is 3.74. The van der Waals surface area contributed by atoms with Gasteiger partial charge in [0.2, 0.25) is 12.8 Å². The van der Waals surface area contributed by atoms with E-state index in [1.54, 1.807) is 18.2 Å². The number of hydrogen-bond acceptors (Lipinski definition) is 12. The molecule has 2 amide bonds. The Morgan fingerprint density at radius 3 is 2.46 bits per heavy atom. The zero-order chi connectivity index (χ0) is 40.7. The van der Waals surface area contributed by atoms with Crippen LogP contribution in [0.1, 0.15) is 72.3 Å². The highest BCUT2D eigenvalue weighted by molar-refractivity contribution is 8.00. The number of alkyl halides is 3. The molecule has 0 aliphatic carbocycles. The molecule has 1 aliphatic rings. The molecule has 18 heteroatoms. The van der Waals surface area contributed by atoms with Crippen molar-refractivity contribution < 1.29 is 32.3 Å². The van der Waals surface area contributed by atoms with E-state index in [1.165, 1.54) is 51.0 Å². The second-order valence-electron chi connectivity index (χ2n) is 13.6. The minimum Gasteiger partial charge on any atom is -0.465 e. The first-order valence-electron chi connectivity index (χ1n) is 18.6. The predicted octanol–water partition coefficient (Wildman–Crippen LogP) is 3.77. The number of carbonyl (C=O) groups excluding carboxylic acids is 3. The van der Waals surface area contributed by atoms with Gasteiger partial charge < -0.3 is 48.2 Å². The van der Waals surface area contributed by atoms with Crippen LogP contribution in [0.3, 0.4) is 0 Å². The molecular weight excluding hydrogens is 750 g/mol. The van der Waals surface area contributed by atoms with Crippen molar-refractivity contribution in [2.24, 2.45) is 17.2 Å². The van der Waals surface area contributed by atoms with Gasteiger partial charge in [-0.15, -0.1) is 0 Å². The number of likely N-dealkylation sites (N-methyl/N-ethyl adjacent to an activating group) is 1. The maximum atomic E-state index is 13.6. The Balaban J connectivity index is 0.00000225. The quantitative estimate of drug-likeness (QED) is 0.0277. The number of nitrogens with two attached hydrogens (primary N) is 3. The van der Waals surface area contributed by atoms with Crippen molar-refractivity contribution in [3.8, 4) is 0 Å². The van der Waals surface area contributed by atoms with Crippen LogP contribution >= 0.6 is 11.8 Å². The number of primary amides is 1. The van der Waals surface area contributed by atoms with E-state index in [-0.39, 0.29) is 24.4 Å². The van der Waals surface area contributed by atoms with Gasteiger partial charge in [0.1, 0.15) is 17.3 Å². The molecule has 0 saturated carbocycles.